The first kappa shape index (κ1) is 14.6. The molecule has 1 heterocycles. The molecule has 0 radical (unpaired) electrons. The smallest absolute Gasteiger partial charge is 0.352 e. The Bertz CT molecular complexity index is 702. The van der Waals surface area contributed by atoms with Gasteiger partial charge in [0.15, 0.2) is 0 Å². The van der Waals surface area contributed by atoms with E-state index in [4.69, 9.17) is 9.84 Å². The zero-order chi connectivity index (χ0) is 15.6. The minimum atomic E-state index is -1.19. The van der Waals surface area contributed by atoms with Gasteiger partial charge in [0.25, 0.3) is 0 Å². The number of benzene rings is 1. The van der Waals surface area contributed by atoms with Crippen molar-refractivity contribution in [3.05, 3.63) is 52.8 Å². The average Bonchev–Trinajstić information content (AvgIpc) is 2.73. The van der Waals surface area contributed by atoms with Crippen LogP contribution >= 0.6 is 0 Å². The van der Waals surface area contributed by atoms with E-state index < -0.39 is 11.9 Å². The molecule has 0 fully saturated rings. The fourth-order valence-corrected chi connectivity index (χ4v) is 2.13. The number of hydrogen-bond acceptors (Lipinski definition) is 3. The number of aromatic carboxylic acids is 2. The van der Waals surface area contributed by atoms with Crippen LogP contribution in [0, 0.1) is 6.92 Å². The molecule has 0 aliphatic carbocycles. The van der Waals surface area contributed by atoms with Crippen molar-refractivity contribution in [1.82, 2.24) is 4.57 Å². The van der Waals surface area contributed by atoms with Crippen LogP contribution in [-0.4, -0.2) is 26.7 Å². The summed E-state index contributed by atoms with van der Waals surface area (Å²) >= 11 is 0. The number of hydrogen-bond donors (Lipinski definition) is 2. The number of carboxylic acids is 2. The Kier molecular flexibility index (Phi) is 3.98. The third-order valence-electron chi connectivity index (χ3n) is 3.12. The largest absolute Gasteiger partial charge is 0.489 e. The summed E-state index contributed by atoms with van der Waals surface area (Å²) in [6.07, 6.45) is 0. The molecule has 0 aliphatic heterocycles. The third kappa shape index (κ3) is 3.05. The second kappa shape index (κ2) is 5.70. The van der Waals surface area contributed by atoms with Gasteiger partial charge in [0.1, 0.15) is 23.7 Å². The number of nitrogens with zero attached hydrogens (tertiary/aromatic N) is 1. The SMILES string of the molecule is Cc1cccc(OCc2cc(C(=O)O)n(C)c2C(=O)O)c1. The van der Waals surface area contributed by atoms with Gasteiger partial charge in [-0.25, -0.2) is 9.59 Å². The Morgan fingerprint density at radius 1 is 1.19 bits per heavy atom. The second-order valence-electron chi connectivity index (χ2n) is 4.68. The molecular formula is C15H15NO5. The van der Waals surface area contributed by atoms with E-state index in [1.165, 1.54) is 13.1 Å². The van der Waals surface area contributed by atoms with E-state index in [0.717, 1.165) is 10.1 Å². The minimum absolute atomic E-state index is 0.00773. The topological polar surface area (TPSA) is 88.8 Å². The van der Waals surface area contributed by atoms with Gasteiger partial charge in [-0.1, -0.05) is 12.1 Å². The fraction of sp³-hybridized carbons (Fsp3) is 0.200. The van der Waals surface area contributed by atoms with Gasteiger partial charge in [-0.2, -0.15) is 0 Å². The van der Waals surface area contributed by atoms with Crippen LogP contribution in [-0.2, 0) is 13.7 Å². The highest BCUT2D eigenvalue weighted by Crippen LogP contribution is 2.19. The number of carbonyl (C=O) groups is 2. The lowest BCUT2D eigenvalue weighted by molar-refractivity contribution is 0.0678. The van der Waals surface area contributed by atoms with Crippen molar-refractivity contribution in [2.24, 2.45) is 7.05 Å². The number of rotatable bonds is 5. The van der Waals surface area contributed by atoms with Gasteiger partial charge in [-0.15, -0.1) is 0 Å². The Balaban J connectivity index is 2.29. The van der Waals surface area contributed by atoms with Gasteiger partial charge in [-0.3, -0.25) is 0 Å². The molecular weight excluding hydrogens is 274 g/mol. The first-order valence-electron chi connectivity index (χ1n) is 6.24. The second-order valence-corrected chi connectivity index (χ2v) is 4.68. The normalized spacial score (nSPS) is 10.4. The quantitative estimate of drug-likeness (QED) is 0.881. The van der Waals surface area contributed by atoms with Crippen LogP contribution in [0.4, 0.5) is 0 Å². The van der Waals surface area contributed by atoms with Crippen molar-refractivity contribution < 1.29 is 24.5 Å². The van der Waals surface area contributed by atoms with Crippen LogP contribution in [0.5, 0.6) is 5.75 Å². The molecule has 6 heteroatoms. The number of carboxylic acid groups (broad SMARTS) is 2. The molecule has 0 saturated carbocycles. The standard InChI is InChI=1S/C15H15NO5/c1-9-4-3-5-11(6-9)21-8-10-7-12(14(17)18)16(2)13(10)15(19)20/h3-7H,8H2,1-2H3,(H,17,18)(H,19,20). The van der Waals surface area contributed by atoms with Crippen molar-refractivity contribution in [1.29, 1.82) is 0 Å². The van der Waals surface area contributed by atoms with E-state index in [-0.39, 0.29) is 18.0 Å². The molecule has 110 valence electrons. The first-order chi connectivity index (χ1) is 9.90. The number of aromatic nitrogens is 1. The Labute approximate surface area is 121 Å². The minimum Gasteiger partial charge on any atom is -0.489 e. The van der Waals surface area contributed by atoms with E-state index in [9.17, 15) is 14.7 Å². The van der Waals surface area contributed by atoms with Crippen LogP contribution in [0.25, 0.3) is 0 Å². The van der Waals surface area contributed by atoms with Crippen molar-refractivity contribution in [2.75, 3.05) is 0 Å². The molecule has 21 heavy (non-hydrogen) atoms. The lowest BCUT2D eigenvalue weighted by Gasteiger charge is -2.07. The Hall–Kier alpha value is -2.76. The third-order valence-corrected chi connectivity index (χ3v) is 3.12. The molecule has 2 rings (SSSR count). The van der Waals surface area contributed by atoms with E-state index in [2.05, 4.69) is 0 Å². The number of ether oxygens (including phenoxy) is 1. The summed E-state index contributed by atoms with van der Waals surface area (Å²) in [5.74, 6) is -1.76. The summed E-state index contributed by atoms with van der Waals surface area (Å²) in [5.41, 5.74) is 1.17. The Morgan fingerprint density at radius 3 is 2.48 bits per heavy atom. The van der Waals surface area contributed by atoms with Crippen molar-refractivity contribution in [3.63, 3.8) is 0 Å². The van der Waals surface area contributed by atoms with Gasteiger partial charge in [-0.05, 0) is 30.7 Å². The molecule has 0 saturated heterocycles. The summed E-state index contributed by atoms with van der Waals surface area (Å²) in [6, 6.07) is 8.65. The molecule has 0 aliphatic rings. The van der Waals surface area contributed by atoms with Gasteiger partial charge in [0.2, 0.25) is 0 Å². The molecule has 6 nitrogen and oxygen atoms in total. The molecule has 0 spiro atoms. The van der Waals surface area contributed by atoms with E-state index >= 15 is 0 Å². The molecule has 0 bridgehead atoms. The highest BCUT2D eigenvalue weighted by molar-refractivity contribution is 5.93. The summed E-state index contributed by atoms with van der Waals surface area (Å²) in [6.45, 7) is 1.91. The molecule has 2 N–H and O–H groups in total. The lowest BCUT2D eigenvalue weighted by atomic mass is 10.2. The first-order valence-corrected chi connectivity index (χ1v) is 6.24. The summed E-state index contributed by atoms with van der Waals surface area (Å²) in [7, 11) is 1.41. The molecule has 2 aromatic rings. The van der Waals surface area contributed by atoms with E-state index in [1.807, 2.05) is 25.1 Å². The van der Waals surface area contributed by atoms with Gasteiger partial charge in [0, 0.05) is 12.6 Å². The van der Waals surface area contributed by atoms with E-state index in [1.54, 1.807) is 6.07 Å². The van der Waals surface area contributed by atoms with Crippen LogP contribution < -0.4 is 4.74 Å². The molecule has 0 unspecified atom stereocenters. The predicted octanol–water partition coefficient (Wildman–Crippen LogP) is 2.31. The molecule has 0 amide bonds. The van der Waals surface area contributed by atoms with Crippen molar-refractivity contribution in [3.8, 4) is 5.75 Å². The van der Waals surface area contributed by atoms with Gasteiger partial charge < -0.3 is 19.5 Å². The van der Waals surface area contributed by atoms with Crippen LogP contribution in [0.1, 0.15) is 32.1 Å². The number of aryl methyl sites for hydroxylation is 1. The van der Waals surface area contributed by atoms with Crippen molar-refractivity contribution in [2.45, 2.75) is 13.5 Å². The summed E-state index contributed by atoms with van der Waals surface area (Å²) < 4.78 is 6.68. The van der Waals surface area contributed by atoms with Crippen LogP contribution in [0.3, 0.4) is 0 Å². The Morgan fingerprint density at radius 2 is 1.90 bits per heavy atom. The highest BCUT2D eigenvalue weighted by Gasteiger charge is 2.22. The monoisotopic (exact) mass is 289 g/mol. The maximum Gasteiger partial charge on any atom is 0.352 e. The lowest BCUT2D eigenvalue weighted by Crippen LogP contribution is -2.12. The van der Waals surface area contributed by atoms with Crippen molar-refractivity contribution >= 4 is 11.9 Å². The molecule has 1 aromatic heterocycles. The van der Waals surface area contributed by atoms with Gasteiger partial charge in [0.05, 0.1) is 0 Å². The fourth-order valence-electron chi connectivity index (χ4n) is 2.13. The maximum atomic E-state index is 11.3. The van der Waals surface area contributed by atoms with Crippen LogP contribution in [0.15, 0.2) is 30.3 Å². The maximum absolute atomic E-state index is 11.3. The summed E-state index contributed by atoms with van der Waals surface area (Å²) in [4.78, 5) is 22.3. The zero-order valence-electron chi connectivity index (χ0n) is 11.7. The summed E-state index contributed by atoms with van der Waals surface area (Å²) in [5, 5.41) is 18.3. The van der Waals surface area contributed by atoms with Gasteiger partial charge >= 0.3 is 11.9 Å². The highest BCUT2D eigenvalue weighted by atomic mass is 16.5. The molecule has 0 atom stereocenters. The zero-order valence-corrected chi connectivity index (χ0v) is 11.7. The predicted molar refractivity (Wildman–Crippen MR) is 74.8 cm³/mol. The average molecular weight is 289 g/mol. The molecule has 1 aromatic carbocycles. The van der Waals surface area contributed by atoms with Crippen LogP contribution in [0.2, 0.25) is 0 Å². The van der Waals surface area contributed by atoms with E-state index in [0.29, 0.717) is 11.3 Å².